The maximum atomic E-state index is 11.9. The lowest BCUT2D eigenvalue weighted by Gasteiger charge is -2.36. The van der Waals surface area contributed by atoms with E-state index in [-0.39, 0.29) is 11.9 Å². The number of rotatable bonds is 5. The number of hydrogen-bond acceptors (Lipinski definition) is 4. The minimum Gasteiger partial charge on any atom is -0.353 e. The van der Waals surface area contributed by atoms with Crippen LogP contribution in [0.3, 0.4) is 0 Å². The summed E-state index contributed by atoms with van der Waals surface area (Å²) in [6.45, 7) is 9.49. The fraction of sp³-hybridized carbons (Fsp3) is 0.600. The third-order valence-corrected chi connectivity index (χ3v) is 3.68. The summed E-state index contributed by atoms with van der Waals surface area (Å²) in [5.41, 5.74) is 2.32. The molecule has 2 rings (SSSR count). The number of nitrogens with zero attached hydrogens (tertiary/aromatic N) is 2. The van der Waals surface area contributed by atoms with E-state index in [0.29, 0.717) is 6.54 Å². The Morgan fingerprint density at radius 2 is 2.30 bits per heavy atom. The van der Waals surface area contributed by atoms with Crippen LogP contribution >= 0.6 is 0 Å². The summed E-state index contributed by atoms with van der Waals surface area (Å²) in [6.07, 6.45) is 2.70. The van der Waals surface area contributed by atoms with E-state index >= 15 is 0 Å². The number of nitrogens with one attached hydrogen (secondary N) is 2. The van der Waals surface area contributed by atoms with E-state index in [1.165, 1.54) is 5.56 Å². The first kappa shape index (κ1) is 14.8. The van der Waals surface area contributed by atoms with Crippen LogP contribution in [-0.2, 0) is 11.3 Å². The molecule has 5 heteroatoms. The van der Waals surface area contributed by atoms with Gasteiger partial charge >= 0.3 is 0 Å². The number of anilines is 1. The molecule has 1 aromatic rings. The van der Waals surface area contributed by atoms with E-state index in [4.69, 9.17) is 0 Å². The van der Waals surface area contributed by atoms with Gasteiger partial charge in [0, 0.05) is 25.8 Å². The van der Waals surface area contributed by atoms with Crippen molar-refractivity contribution in [2.45, 2.75) is 39.8 Å². The highest BCUT2D eigenvalue weighted by molar-refractivity contribution is 5.86. The van der Waals surface area contributed by atoms with Crippen molar-refractivity contribution in [2.24, 2.45) is 0 Å². The zero-order valence-corrected chi connectivity index (χ0v) is 12.6. The van der Waals surface area contributed by atoms with Crippen LogP contribution in [0.2, 0.25) is 0 Å². The van der Waals surface area contributed by atoms with E-state index in [2.05, 4.69) is 40.4 Å². The molecule has 1 aromatic heterocycles. The van der Waals surface area contributed by atoms with Crippen molar-refractivity contribution in [1.29, 1.82) is 0 Å². The molecule has 5 nitrogen and oxygen atoms in total. The quantitative estimate of drug-likeness (QED) is 0.849. The number of piperazine rings is 1. The summed E-state index contributed by atoms with van der Waals surface area (Å²) in [5, 5.41) is 6.22. The molecule has 1 aliphatic rings. The number of carbonyl (C=O) groups excluding carboxylic acids is 1. The van der Waals surface area contributed by atoms with Gasteiger partial charge in [-0.05, 0) is 37.1 Å². The molecule has 1 amide bonds. The number of hydrogen-bond donors (Lipinski definition) is 2. The summed E-state index contributed by atoms with van der Waals surface area (Å²) in [5.74, 6) is 1.05. The van der Waals surface area contributed by atoms with Crippen LogP contribution in [0.15, 0.2) is 12.3 Å². The van der Waals surface area contributed by atoms with Crippen molar-refractivity contribution in [2.75, 3.05) is 24.5 Å². The van der Waals surface area contributed by atoms with Crippen LogP contribution in [-0.4, -0.2) is 36.6 Å². The van der Waals surface area contributed by atoms with Gasteiger partial charge in [0.2, 0.25) is 5.91 Å². The maximum absolute atomic E-state index is 11.9. The number of pyridine rings is 1. The molecule has 1 unspecified atom stereocenters. The van der Waals surface area contributed by atoms with Gasteiger partial charge in [-0.15, -0.1) is 0 Å². The van der Waals surface area contributed by atoms with Gasteiger partial charge in [-0.3, -0.25) is 4.79 Å². The first-order valence-corrected chi connectivity index (χ1v) is 7.38. The van der Waals surface area contributed by atoms with E-state index in [1.807, 2.05) is 13.1 Å². The fourth-order valence-corrected chi connectivity index (χ4v) is 2.67. The molecule has 0 spiro atoms. The zero-order chi connectivity index (χ0) is 14.5. The zero-order valence-electron chi connectivity index (χ0n) is 12.6. The molecule has 0 aliphatic carbocycles. The average Bonchev–Trinajstić information content (AvgIpc) is 2.45. The molecule has 1 atom stereocenters. The SMILES string of the molecule is CCNCc1cnc(N2CCNC(=O)C2CC)c(C)c1. The Morgan fingerprint density at radius 3 is 2.95 bits per heavy atom. The van der Waals surface area contributed by atoms with Crippen molar-refractivity contribution in [3.63, 3.8) is 0 Å². The fourth-order valence-electron chi connectivity index (χ4n) is 2.67. The largest absolute Gasteiger partial charge is 0.353 e. The number of aromatic nitrogens is 1. The first-order chi connectivity index (χ1) is 9.67. The molecule has 0 aromatic carbocycles. The highest BCUT2D eigenvalue weighted by atomic mass is 16.2. The van der Waals surface area contributed by atoms with Gasteiger partial charge in [-0.1, -0.05) is 13.8 Å². The molecule has 0 bridgehead atoms. The van der Waals surface area contributed by atoms with E-state index in [9.17, 15) is 4.79 Å². The van der Waals surface area contributed by atoms with Crippen LogP contribution in [0.1, 0.15) is 31.4 Å². The van der Waals surface area contributed by atoms with Crippen molar-refractivity contribution in [3.8, 4) is 0 Å². The Morgan fingerprint density at radius 1 is 1.50 bits per heavy atom. The van der Waals surface area contributed by atoms with Gasteiger partial charge in [0.05, 0.1) is 0 Å². The monoisotopic (exact) mass is 276 g/mol. The summed E-state index contributed by atoms with van der Waals surface area (Å²) < 4.78 is 0. The Kier molecular flexibility index (Phi) is 4.95. The van der Waals surface area contributed by atoms with Gasteiger partial charge in [0.15, 0.2) is 0 Å². The van der Waals surface area contributed by atoms with Gasteiger partial charge in [0.25, 0.3) is 0 Å². The molecule has 110 valence electrons. The predicted octanol–water partition coefficient (Wildman–Crippen LogP) is 1.21. The van der Waals surface area contributed by atoms with Gasteiger partial charge in [-0.25, -0.2) is 4.98 Å². The summed E-state index contributed by atoms with van der Waals surface area (Å²) >= 11 is 0. The Hall–Kier alpha value is -1.62. The molecule has 20 heavy (non-hydrogen) atoms. The summed E-state index contributed by atoms with van der Waals surface area (Å²) in [7, 11) is 0. The maximum Gasteiger partial charge on any atom is 0.242 e. The van der Waals surface area contributed by atoms with E-state index < -0.39 is 0 Å². The second-order valence-corrected chi connectivity index (χ2v) is 5.17. The summed E-state index contributed by atoms with van der Waals surface area (Å²) in [6, 6.07) is 2.05. The van der Waals surface area contributed by atoms with Crippen LogP contribution in [0.5, 0.6) is 0 Å². The molecule has 0 saturated carbocycles. The van der Waals surface area contributed by atoms with E-state index in [1.54, 1.807) is 0 Å². The Labute approximate surface area is 120 Å². The standard InChI is InChI=1S/C15H24N4O/c1-4-13-15(20)17-6-7-19(13)14-11(3)8-12(10-18-14)9-16-5-2/h8,10,13,16H,4-7,9H2,1-3H3,(H,17,20). The third kappa shape index (κ3) is 3.10. The Bertz CT molecular complexity index is 475. The van der Waals surface area contributed by atoms with E-state index in [0.717, 1.165) is 37.4 Å². The van der Waals surface area contributed by atoms with Gasteiger partial charge in [0.1, 0.15) is 11.9 Å². The van der Waals surface area contributed by atoms with Gasteiger partial charge in [-0.2, -0.15) is 0 Å². The molecule has 1 aliphatic heterocycles. The smallest absolute Gasteiger partial charge is 0.242 e. The lowest BCUT2D eigenvalue weighted by molar-refractivity contribution is -0.123. The predicted molar refractivity (Wildman–Crippen MR) is 80.8 cm³/mol. The Balaban J connectivity index is 2.21. The molecule has 2 N–H and O–H groups in total. The molecular formula is C15H24N4O. The minimum absolute atomic E-state index is 0.102. The number of aryl methyl sites for hydroxylation is 1. The normalized spacial score (nSPS) is 19.1. The van der Waals surface area contributed by atoms with Crippen molar-refractivity contribution in [3.05, 3.63) is 23.4 Å². The lowest BCUT2D eigenvalue weighted by atomic mass is 10.1. The van der Waals surface area contributed by atoms with Crippen molar-refractivity contribution < 1.29 is 4.79 Å². The first-order valence-electron chi connectivity index (χ1n) is 7.38. The number of amides is 1. The molecular weight excluding hydrogens is 252 g/mol. The average molecular weight is 276 g/mol. The number of carbonyl (C=O) groups is 1. The van der Waals surface area contributed by atoms with Crippen molar-refractivity contribution in [1.82, 2.24) is 15.6 Å². The van der Waals surface area contributed by atoms with Crippen LogP contribution < -0.4 is 15.5 Å². The van der Waals surface area contributed by atoms with Crippen LogP contribution in [0, 0.1) is 6.92 Å². The highest BCUT2D eigenvalue weighted by Crippen LogP contribution is 2.22. The highest BCUT2D eigenvalue weighted by Gasteiger charge is 2.29. The summed E-state index contributed by atoms with van der Waals surface area (Å²) in [4.78, 5) is 18.7. The second kappa shape index (κ2) is 6.70. The van der Waals surface area contributed by atoms with Crippen LogP contribution in [0.4, 0.5) is 5.82 Å². The molecule has 1 fully saturated rings. The minimum atomic E-state index is -0.102. The third-order valence-electron chi connectivity index (χ3n) is 3.68. The van der Waals surface area contributed by atoms with Gasteiger partial charge < -0.3 is 15.5 Å². The second-order valence-electron chi connectivity index (χ2n) is 5.17. The topological polar surface area (TPSA) is 57.3 Å². The molecule has 0 radical (unpaired) electrons. The molecule has 1 saturated heterocycles. The van der Waals surface area contributed by atoms with Crippen molar-refractivity contribution >= 4 is 11.7 Å². The van der Waals surface area contributed by atoms with Crippen LogP contribution in [0.25, 0.3) is 0 Å². The lowest BCUT2D eigenvalue weighted by Crippen LogP contribution is -2.55. The molecule has 2 heterocycles.